The van der Waals surface area contributed by atoms with Crippen molar-refractivity contribution < 1.29 is 17.9 Å². The average Bonchev–Trinajstić information content (AvgIpc) is 1.99. The Bertz CT molecular complexity index is 251. The fourth-order valence-corrected chi connectivity index (χ4v) is 1.96. The predicted octanol–water partition coefficient (Wildman–Crippen LogP) is 0.353. The zero-order chi connectivity index (χ0) is 11.9. The molecule has 92 valence electrons. The fraction of sp³-hybridized carbons (Fsp3) is 1.00. The van der Waals surface area contributed by atoms with Crippen LogP contribution in [-0.2, 0) is 19.5 Å². The highest BCUT2D eigenvalue weighted by molar-refractivity contribution is 7.89. The first-order valence-electron chi connectivity index (χ1n) is 5.01. The number of ether oxygens (including phenoxy) is 2. The summed E-state index contributed by atoms with van der Waals surface area (Å²) in [4.78, 5) is 0. The van der Waals surface area contributed by atoms with E-state index < -0.39 is 10.0 Å². The van der Waals surface area contributed by atoms with Gasteiger partial charge >= 0.3 is 0 Å². The van der Waals surface area contributed by atoms with E-state index in [1.165, 1.54) is 0 Å². The zero-order valence-corrected chi connectivity index (χ0v) is 10.4. The molecule has 0 spiro atoms. The molecule has 0 saturated heterocycles. The van der Waals surface area contributed by atoms with Gasteiger partial charge in [-0.05, 0) is 19.8 Å². The third-order valence-electron chi connectivity index (χ3n) is 1.60. The van der Waals surface area contributed by atoms with Crippen LogP contribution in [0.1, 0.15) is 20.8 Å². The molecule has 0 aromatic rings. The van der Waals surface area contributed by atoms with E-state index in [-0.39, 0.29) is 17.8 Å². The molecule has 0 radical (unpaired) electrons. The van der Waals surface area contributed by atoms with Gasteiger partial charge < -0.3 is 9.47 Å². The van der Waals surface area contributed by atoms with Crippen molar-refractivity contribution in [1.82, 2.24) is 0 Å². The molecule has 0 fully saturated rings. The second-order valence-corrected chi connectivity index (χ2v) is 5.59. The minimum Gasteiger partial charge on any atom is -0.379 e. The molecular weight excluding hydrogens is 218 g/mol. The largest absolute Gasteiger partial charge is 0.379 e. The van der Waals surface area contributed by atoms with Gasteiger partial charge in [-0.15, -0.1) is 0 Å². The molecule has 2 N–H and O–H groups in total. The molecule has 1 unspecified atom stereocenters. The molecule has 0 aliphatic rings. The molecule has 0 rings (SSSR count). The molecule has 0 saturated carbocycles. The third kappa shape index (κ3) is 11.8. The second kappa shape index (κ2) is 7.16. The molecule has 0 heterocycles. The van der Waals surface area contributed by atoms with Crippen molar-refractivity contribution in [2.75, 3.05) is 25.6 Å². The highest BCUT2D eigenvalue weighted by Gasteiger charge is 2.10. The van der Waals surface area contributed by atoms with Gasteiger partial charge in [-0.1, -0.05) is 6.92 Å². The van der Waals surface area contributed by atoms with Crippen LogP contribution in [0.4, 0.5) is 0 Å². The second-order valence-electron chi connectivity index (χ2n) is 3.93. The summed E-state index contributed by atoms with van der Waals surface area (Å²) in [6.45, 7) is 7.08. The fourth-order valence-electron chi connectivity index (χ4n) is 1.07. The average molecular weight is 239 g/mol. The van der Waals surface area contributed by atoms with Gasteiger partial charge in [-0.3, -0.25) is 0 Å². The summed E-state index contributed by atoms with van der Waals surface area (Å²) < 4.78 is 31.9. The summed E-state index contributed by atoms with van der Waals surface area (Å²) in [6.07, 6.45) is 0.190. The Labute approximate surface area is 92.0 Å². The quantitative estimate of drug-likeness (QED) is 0.620. The first kappa shape index (κ1) is 14.8. The molecule has 0 aromatic carbocycles. The molecule has 15 heavy (non-hydrogen) atoms. The van der Waals surface area contributed by atoms with Crippen LogP contribution in [0, 0.1) is 5.92 Å². The Morgan fingerprint density at radius 2 is 1.80 bits per heavy atom. The Kier molecular flexibility index (Phi) is 7.08. The SMILES string of the molecule is CC(COCCOC(C)C)CS(N)(=O)=O. The van der Waals surface area contributed by atoms with Gasteiger partial charge in [-0.2, -0.15) is 0 Å². The summed E-state index contributed by atoms with van der Waals surface area (Å²) in [5.74, 6) is -0.128. The Balaban J connectivity index is 3.44. The molecule has 0 aliphatic carbocycles. The number of hydrogen-bond acceptors (Lipinski definition) is 4. The van der Waals surface area contributed by atoms with Crippen molar-refractivity contribution in [3.63, 3.8) is 0 Å². The number of rotatable bonds is 8. The van der Waals surface area contributed by atoms with Crippen LogP contribution >= 0.6 is 0 Å². The lowest BCUT2D eigenvalue weighted by molar-refractivity contribution is 0.0131. The van der Waals surface area contributed by atoms with Gasteiger partial charge in [0.1, 0.15) is 0 Å². The van der Waals surface area contributed by atoms with Gasteiger partial charge in [0.05, 0.1) is 31.7 Å². The zero-order valence-electron chi connectivity index (χ0n) is 9.60. The molecule has 1 atom stereocenters. The summed E-state index contributed by atoms with van der Waals surface area (Å²) in [5, 5.41) is 4.90. The lowest BCUT2D eigenvalue weighted by Crippen LogP contribution is -2.24. The number of sulfonamides is 1. The van der Waals surface area contributed by atoms with Crippen LogP contribution in [0.5, 0.6) is 0 Å². The molecule has 0 bridgehead atoms. The lowest BCUT2D eigenvalue weighted by atomic mass is 10.2. The normalized spacial score (nSPS) is 14.5. The first-order valence-corrected chi connectivity index (χ1v) is 6.72. The smallest absolute Gasteiger partial charge is 0.209 e. The standard InChI is InChI=1S/C9H21NO4S/c1-8(2)14-5-4-13-6-9(3)7-15(10,11)12/h8-9H,4-7H2,1-3H3,(H2,10,11,12). The number of nitrogens with two attached hydrogens (primary N) is 1. The van der Waals surface area contributed by atoms with Crippen LogP contribution < -0.4 is 5.14 Å². The molecule has 6 heteroatoms. The first-order chi connectivity index (χ1) is 6.81. The van der Waals surface area contributed by atoms with Crippen LogP contribution in [-0.4, -0.2) is 40.1 Å². The van der Waals surface area contributed by atoms with Crippen LogP contribution in [0.15, 0.2) is 0 Å². The van der Waals surface area contributed by atoms with Gasteiger partial charge in [0.25, 0.3) is 0 Å². The summed E-state index contributed by atoms with van der Waals surface area (Å²) >= 11 is 0. The van der Waals surface area contributed by atoms with E-state index in [1.54, 1.807) is 6.92 Å². The van der Waals surface area contributed by atoms with E-state index in [1.807, 2.05) is 13.8 Å². The van der Waals surface area contributed by atoms with E-state index >= 15 is 0 Å². The van der Waals surface area contributed by atoms with E-state index in [4.69, 9.17) is 14.6 Å². The summed E-state index contributed by atoms with van der Waals surface area (Å²) in [7, 11) is -3.39. The molecule has 0 aromatic heterocycles. The molecular formula is C9H21NO4S. The van der Waals surface area contributed by atoms with Gasteiger partial charge in [0, 0.05) is 0 Å². The van der Waals surface area contributed by atoms with Crippen molar-refractivity contribution in [1.29, 1.82) is 0 Å². The van der Waals surface area contributed by atoms with Crippen molar-refractivity contribution in [2.24, 2.45) is 11.1 Å². The summed E-state index contributed by atoms with van der Waals surface area (Å²) in [5.41, 5.74) is 0. The van der Waals surface area contributed by atoms with Crippen molar-refractivity contribution in [3.05, 3.63) is 0 Å². The van der Waals surface area contributed by atoms with Crippen molar-refractivity contribution >= 4 is 10.0 Å². The minimum atomic E-state index is -3.39. The number of primary sulfonamides is 1. The Hall–Kier alpha value is -0.170. The van der Waals surface area contributed by atoms with Crippen LogP contribution in [0.3, 0.4) is 0 Å². The van der Waals surface area contributed by atoms with Gasteiger partial charge in [0.15, 0.2) is 0 Å². The van der Waals surface area contributed by atoms with Gasteiger partial charge in [-0.25, -0.2) is 13.6 Å². The van der Waals surface area contributed by atoms with E-state index in [9.17, 15) is 8.42 Å². The van der Waals surface area contributed by atoms with Crippen molar-refractivity contribution in [3.8, 4) is 0 Å². The highest BCUT2D eigenvalue weighted by Crippen LogP contribution is 1.99. The third-order valence-corrected chi connectivity index (χ3v) is 2.63. The topological polar surface area (TPSA) is 78.6 Å². The van der Waals surface area contributed by atoms with E-state index in [0.717, 1.165) is 0 Å². The van der Waals surface area contributed by atoms with Crippen molar-refractivity contribution in [2.45, 2.75) is 26.9 Å². The van der Waals surface area contributed by atoms with Crippen LogP contribution in [0.25, 0.3) is 0 Å². The predicted molar refractivity (Wildman–Crippen MR) is 59.0 cm³/mol. The maximum absolute atomic E-state index is 10.7. The number of hydrogen-bond donors (Lipinski definition) is 1. The highest BCUT2D eigenvalue weighted by atomic mass is 32.2. The molecule has 5 nitrogen and oxygen atoms in total. The Morgan fingerprint density at radius 1 is 1.20 bits per heavy atom. The van der Waals surface area contributed by atoms with E-state index in [2.05, 4.69) is 0 Å². The van der Waals surface area contributed by atoms with Crippen LogP contribution in [0.2, 0.25) is 0 Å². The molecule has 0 aliphatic heterocycles. The summed E-state index contributed by atoms with van der Waals surface area (Å²) in [6, 6.07) is 0. The van der Waals surface area contributed by atoms with Gasteiger partial charge in [0.2, 0.25) is 10.0 Å². The monoisotopic (exact) mass is 239 g/mol. The van der Waals surface area contributed by atoms with E-state index in [0.29, 0.717) is 19.8 Å². The minimum absolute atomic E-state index is 0.0436. The lowest BCUT2D eigenvalue weighted by Gasteiger charge is -2.11. The maximum atomic E-state index is 10.7. The Morgan fingerprint density at radius 3 is 2.27 bits per heavy atom. The molecule has 0 amide bonds. The maximum Gasteiger partial charge on any atom is 0.209 e.